The molecule has 0 nitrogen and oxygen atoms in total. The third kappa shape index (κ3) is 3.63. The van der Waals surface area contributed by atoms with E-state index in [2.05, 4.69) is 76.2 Å². The molecule has 0 aromatic heterocycles. The van der Waals surface area contributed by atoms with Crippen LogP contribution in [0.15, 0.2) is 48.5 Å². The summed E-state index contributed by atoms with van der Waals surface area (Å²) < 4.78 is 1.48. The van der Waals surface area contributed by atoms with E-state index in [1.807, 2.05) is 0 Å². The van der Waals surface area contributed by atoms with E-state index in [1.165, 1.54) is 25.5 Å². The van der Waals surface area contributed by atoms with Crippen LogP contribution in [0.2, 0.25) is 0 Å². The molecular weight excluding hydrogens is 407 g/mol. The monoisotopic (exact) mass is 430 g/mol. The standard InChI is InChI=1S/C19H22.Hf/c1-14(2)18-9-5-16(6-10-18)13-17-7-11-19(12-8-17)15(3)4;/h5-12,14-15H,1-4H3;/q;+2. The molecule has 0 saturated heterocycles. The van der Waals surface area contributed by atoms with Gasteiger partial charge in [-0.1, -0.05) is 0 Å². The molecule has 0 aliphatic rings. The summed E-state index contributed by atoms with van der Waals surface area (Å²) in [5, 5.41) is 0. The molecule has 2 aromatic rings. The van der Waals surface area contributed by atoms with Crippen LogP contribution in [0.25, 0.3) is 0 Å². The van der Waals surface area contributed by atoms with Gasteiger partial charge in [0.25, 0.3) is 0 Å². The van der Waals surface area contributed by atoms with Crippen molar-refractivity contribution in [3.8, 4) is 0 Å². The number of rotatable bonds is 4. The van der Waals surface area contributed by atoms with Crippen molar-refractivity contribution in [3.05, 3.63) is 70.8 Å². The molecule has 0 aliphatic heterocycles. The molecule has 0 unspecified atom stereocenters. The fourth-order valence-electron chi connectivity index (χ4n) is 2.24. The van der Waals surface area contributed by atoms with E-state index in [9.17, 15) is 0 Å². The average molecular weight is 429 g/mol. The SMILES string of the molecule is CC(C)c1ccc([C](=[Hf+2])c2ccc(C(C)C)cc2)cc1. The minimum absolute atomic E-state index is 0.604. The first-order chi connectivity index (χ1) is 9.49. The second kappa shape index (κ2) is 6.76. The van der Waals surface area contributed by atoms with Gasteiger partial charge in [0.2, 0.25) is 0 Å². The van der Waals surface area contributed by atoms with Gasteiger partial charge in [0.1, 0.15) is 0 Å². The van der Waals surface area contributed by atoms with Crippen LogP contribution in [0.4, 0.5) is 0 Å². The van der Waals surface area contributed by atoms with Crippen molar-refractivity contribution >= 4 is 3.26 Å². The Labute approximate surface area is 137 Å². The van der Waals surface area contributed by atoms with E-state index in [-0.39, 0.29) is 0 Å². The van der Waals surface area contributed by atoms with Gasteiger partial charge in [0.05, 0.1) is 0 Å². The van der Waals surface area contributed by atoms with Crippen LogP contribution in [0.1, 0.15) is 61.8 Å². The van der Waals surface area contributed by atoms with E-state index < -0.39 is 0 Å². The molecule has 0 spiro atoms. The van der Waals surface area contributed by atoms with Gasteiger partial charge >= 0.3 is 137 Å². The van der Waals surface area contributed by atoms with Crippen LogP contribution in [0.5, 0.6) is 0 Å². The van der Waals surface area contributed by atoms with Crippen LogP contribution >= 0.6 is 0 Å². The van der Waals surface area contributed by atoms with Gasteiger partial charge in [-0.25, -0.2) is 0 Å². The van der Waals surface area contributed by atoms with Crippen LogP contribution < -0.4 is 0 Å². The summed E-state index contributed by atoms with van der Waals surface area (Å²) >= 11 is 1.07. The zero-order valence-corrected chi connectivity index (χ0v) is 16.4. The first-order valence-electron chi connectivity index (χ1n) is 7.28. The molecule has 0 N–H and O–H groups in total. The summed E-state index contributed by atoms with van der Waals surface area (Å²) in [7, 11) is 0. The van der Waals surface area contributed by atoms with Crippen molar-refractivity contribution in [1.82, 2.24) is 0 Å². The molecule has 0 radical (unpaired) electrons. The summed E-state index contributed by atoms with van der Waals surface area (Å²) in [4.78, 5) is 0. The van der Waals surface area contributed by atoms with Crippen LogP contribution in [0, 0.1) is 0 Å². The number of hydrogen-bond donors (Lipinski definition) is 0. The average Bonchev–Trinajstić information content (AvgIpc) is 2.46. The van der Waals surface area contributed by atoms with Crippen molar-refractivity contribution in [2.45, 2.75) is 39.5 Å². The molecule has 0 amide bonds. The predicted octanol–water partition coefficient (Wildman–Crippen LogP) is 5.05. The second-order valence-electron chi connectivity index (χ2n) is 5.93. The number of benzene rings is 2. The Kier molecular flexibility index (Phi) is 5.26. The Balaban J connectivity index is 2.22. The molecule has 0 aliphatic carbocycles. The van der Waals surface area contributed by atoms with Gasteiger partial charge < -0.3 is 0 Å². The summed E-state index contributed by atoms with van der Waals surface area (Å²) in [5.74, 6) is 1.21. The first kappa shape index (κ1) is 15.6. The van der Waals surface area contributed by atoms with Gasteiger partial charge in [-0.2, -0.15) is 0 Å². The second-order valence-corrected chi connectivity index (χ2v) is 7.72. The fourth-order valence-corrected chi connectivity index (χ4v) is 3.43. The van der Waals surface area contributed by atoms with Crippen molar-refractivity contribution in [2.24, 2.45) is 0 Å². The Bertz CT molecular complexity index is 521. The zero-order valence-electron chi connectivity index (χ0n) is 12.8. The van der Waals surface area contributed by atoms with Gasteiger partial charge in [0.15, 0.2) is 0 Å². The third-order valence-corrected chi connectivity index (χ3v) is 5.81. The summed E-state index contributed by atoms with van der Waals surface area (Å²) in [5.41, 5.74) is 5.58. The fraction of sp³-hybridized carbons (Fsp3) is 0.316. The van der Waals surface area contributed by atoms with Gasteiger partial charge in [0, 0.05) is 0 Å². The first-order valence-corrected chi connectivity index (χ1v) is 9.08. The molecule has 1 heteroatoms. The molecule has 0 saturated carbocycles. The summed E-state index contributed by atoms with van der Waals surface area (Å²) in [6.45, 7) is 8.96. The molecule has 0 atom stereocenters. The van der Waals surface area contributed by atoms with Gasteiger partial charge in [-0.05, 0) is 0 Å². The molecular formula is C19H22Hf+2. The van der Waals surface area contributed by atoms with Crippen LogP contribution in [0.3, 0.4) is 0 Å². The Morgan fingerprint density at radius 1 is 0.650 bits per heavy atom. The van der Waals surface area contributed by atoms with Gasteiger partial charge in [-0.15, -0.1) is 0 Å². The molecule has 100 valence electrons. The van der Waals surface area contributed by atoms with E-state index >= 15 is 0 Å². The Hall–Kier alpha value is -0.820. The normalized spacial score (nSPS) is 11.2. The topological polar surface area (TPSA) is 0 Å². The predicted molar refractivity (Wildman–Crippen MR) is 84.3 cm³/mol. The summed E-state index contributed by atoms with van der Waals surface area (Å²) in [6, 6.07) is 18.1. The van der Waals surface area contributed by atoms with Crippen molar-refractivity contribution in [3.63, 3.8) is 0 Å². The van der Waals surface area contributed by atoms with Crippen molar-refractivity contribution < 1.29 is 23.9 Å². The maximum absolute atomic E-state index is 2.27. The van der Waals surface area contributed by atoms with E-state index in [1.54, 1.807) is 0 Å². The summed E-state index contributed by atoms with van der Waals surface area (Å²) in [6.07, 6.45) is 0. The molecule has 0 bridgehead atoms. The number of hydrogen-bond acceptors (Lipinski definition) is 0. The maximum atomic E-state index is 2.27. The van der Waals surface area contributed by atoms with E-state index in [0.717, 1.165) is 23.9 Å². The molecule has 0 fully saturated rings. The minimum atomic E-state index is 0.604. The molecule has 2 rings (SSSR count). The zero-order chi connectivity index (χ0) is 14.7. The molecule has 2 aromatic carbocycles. The van der Waals surface area contributed by atoms with E-state index in [4.69, 9.17) is 0 Å². The quantitative estimate of drug-likeness (QED) is 0.598. The van der Waals surface area contributed by atoms with Crippen molar-refractivity contribution in [1.29, 1.82) is 0 Å². The van der Waals surface area contributed by atoms with E-state index in [0.29, 0.717) is 11.8 Å². The van der Waals surface area contributed by atoms with Crippen LogP contribution in [-0.2, 0) is 23.9 Å². The van der Waals surface area contributed by atoms with Crippen LogP contribution in [-0.4, -0.2) is 3.26 Å². The van der Waals surface area contributed by atoms with Crippen molar-refractivity contribution in [2.75, 3.05) is 0 Å². The Morgan fingerprint density at radius 3 is 1.20 bits per heavy atom. The van der Waals surface area contributed by atoms with Gasteiger partial charge in [-0.3, -0.25) is 0 Å². The molecule has 20 heavy (non-hydrogen) atoms. The molecule has 0 heterocycles. The third-order valence-electron chi connectivity index (χ3n) is 3.73. The Morgan fingerprint density at radius 2 is 0.950 bits per heavy atom.